The van der Waals surface area contributed by atoms with E-state index in [-0.39, 0.29) is 12.2 Å². The fourth-order valence-electron chi connectivity index (χ4n) is 0.522. The molecule has 5 nitrogen and oxygen atoms in total. The van der Waals surface area contributed by atoms with Gasteiger partial charge in [0.15, 0.2) is 0 Å². The van der Waals surface area contributed by atoms with Crippen molar-refractivity contribution in [3.05, 3.63) is 0 Å². The Morgan fingerprint density at radius 2 is 2.08 bits per heavy atom. The molecule has 0 aliphatic carbocycles. The monoisotopic (exact) mass is 173 g/mol. The van der Waals surface area contributed by atoms with E-state index in [1.54, 1.807) is 0 Å². The van der Waals surface area contributed by atoms with E-state index in [1.165, 1.54) is 13.8 Å². The average molecular weight is 173 g/mol. The van der Waals surface area contributed by atoms with Crippen LogP contribution < -0.4 is 0 Å². The van der Waals surface area contributed by atoms with Gasteiger partial charge in [0, 0.05) is 6.92 Å². The molecule has 0 aliphatic rings. The van der Waals surface area contributed by atoms with Gasteiger partial charge in [-0.15, -0.1) is 0 Å². The van der Waals surface area contributed by atoms with E-state index in [1.807, 2.05) is 0 Å². The van der Waals surface area contributed by atoms with E-state index >= 15 is 0 Å². The maximum atomic E-state index is 10.7. The molecule has 5 heteroatoms. The number of rotatable bonds is 5. The highest BCUT2D eigenvalue weighted by Gasteiger charge is 2.11. The Balaban J connectivity index is 3.68. The van der Waals surface area contributed by atoms with Gasteiger partial charge in [-0.3, -0.25) is 9.59 Å². The minimum Gasteiger partial charge on any atom is -0.425 e. The van der Waals surface area contributed by atoms with Crippen LogP contribution in [-0.2, 0) is 23.9 Å². The molecule has 0 bridgehead atoms. The van der Waals surface area contributed by atoms with E-state index in [9.17, 15) is 14.4 Å². The minimum absolute atomic E-state index is 0.303. The lowest BCUT2D eigenvalue weighted by molar-refractivity contribution is -0.163. The minimum atomic E-state index is -0.991. The molecule has 0 saturated carbocycles. The molecule has 0 aromatic rings. The van der Waals surface area contributed by atoms with Gasteiger partial charge in [-0.05, 0) is 6.92 Å². The van der Waals surface area contributed by atoms with E-state index in [2.05, 4.69) is 9.47 Å². The SMILES string of the molecule is CC(=O)CC(=O)OC(C)O[C]=O. The first kappa shape index (κ1) is 10.6. The second-order valence-corrected chi connectivity index (χ2v) is 2.14. The first-order chi connectivity index (χ1) is 5.56. The summed E-state index contributed by atoms with van der Waals surface area (Å²) in [5, 5.41) is 0. The molecule has 0 amide bonds. The smallest absolute Gasteiger partial charge is 0.420 e. The second-order valence-electron chi connectivity index (χ2n) is 2.14. The van der Waals surface area contributed by atoms with Gasteiger partial charge in [-0.25, -0.2) is 4.79 Å². The Bertz CT molecular complexity index is 186. The number of esters is 1. The normalized spacial score (nSPS) is 11.5. The molecule has 0 N–H and O–H groups in total. The predicted molar refractivity (Wildman–Crippen MR) is 37.6 cm³/mol. The van der Waals surface area contributed by atoms with Gasteiger partial charge < -0.3 is 9.47 Å². The topological polar surface area (TPSA) is 69.7 Å². The predicted octanol–water partition coefficient (Wildman–Crippen LogP) is -0.0615. The molecule has 0 aliphatic heterocycles. The number of ether oxygens (including phenoxy) is 2. The molecular formula is C7H9O5. The van der Waals surface area contributed by atoms with Crippen LogP contribution in [0, 0.1) is 0 Å². The first-order valence-corrected chi connectivity index (χ1v) is 3.28. The molecule has 1 atom stereocenters. The summed E-state index contributed by atoms with van der Waals surface area (Å²) in [5.41, 5.74) is 0. The van der Waals surface area contributed by atoms with Crippen LogP contribution in [0.1, 0.15) is 20.3 Å². The van der Waals surface area contributed by atoms with Crippen molar-refractivity contribution in [3.63, 3.8) is 0 Å². The van der Waals surface area contributed by atoms with Crippen LogP contribution in [-0.4, -0.2) is 24.5 Å². The second kappa shape index (κ2) is 5.29. The Labute approximate surface area is 69.6 Å². The van der Waals surface area contributed by atoms with E-state index < -0.39 is 12.3 Å². The zero-order valence-electron chi connectivity index (χ0n) is 6.83. The molecule has 0 aromatic carbocycles. The van der Waals surface area contributed by atoms with Crippen LogP contribution in [0.5, 0.6) is 0 Å². The van der Waals surface area contributed by atoms with Crippen LogP contribution in [0.2, 0.25) is 0 Å². The molecule has 0 heterocycles. The highest BCUT2D eigenvalue weighted by Crippen LogP contribution is 1.95. The van der Waals surface area contributed by atoms with Crippen LogP contribution in [0.15, 0.2) is 0 Å². The van der Waals surface area contributed by atoms with Crippen molar-refractivity contribution in [2.45, 2.75) is 26.6 Å². The molecule has 0 rings (SSSR count). The highest BCUT2D eigenvalue weighted by atomic mass is 16.7. The van der Waals surface area contributed by atoms with Crippen molar-refractivity contribution in [1.29, 1.82) is 0 Å². The Hall–Kier alpha value is -1.39. The van der Waals surface area contributed by atoms with Crippen molar-refractivity contribution < 1.29 is 23.9 Å². The molecule has 67 valence electrons. The number of ketones is 1. The van der Waals surface area contributed by atoms with E-state index in [4.69, 9.17) is 0 Å². The molecule has 1 radical (unpaired) electrons. The molecule has 1 unspecified atom stereocenters. The van der Waals surface area contributed by atoms with Crippen molar-refractivity contribution in [1.82, 2.24) is 0 Å². The van der Waals surface area contributed by atoms with Gasteiger partial charge in [0.2, 0.25) is 6.29 Å². The van der Waals surface area contributed by atoms with Crippen LogP contribution in [0.4, 0.5) is 0 Å². The quantitative estimate of drug-likeness (QED) is 0.331. The summed E-state index contributed by atoms with van der Waals surface area (Å²) in [6.07, 6.45) is -1.30. The molecule has 0 saturated heterocycles. The van der Waals surface area contributed by atoms with Crippen LogP contribution in [0.3, 0.4) is 0 Å². The largest absolute Gasteiger partial charge is 0.425 e. The number of hydrogen-bond donors (Lipinski definition) is 0. The van der Waals surface area contributed by atoms with Crippen molar-refractivity contribution in [3.8, 4) is 0 Å². The van der Waals surface area contributed by atoms with Gasteiger partial charge in [-0.1, -0.05) is 0 Å². The molecule has 0 aromatic heterocycles. The summed E-state index contributed by atoms with van der Waals surface area (Å²) in [5.74, 6) is -1.02. The lowest BCUT2D eigenvalue weighted by Gasteiger charge is -2.08. The number of hydrogen-bond acceptors (Lipinski definition) is 5. The molecule has 12 heavy (non-hydrogen) atoms. The maximum Gasteiger partial charge on any atom is 0.420 e. The number of Topliss-reactive ketones (excluding diaryl/α,β-unsaturated/α-hetero) is 1. The lowest BCUT2D eigenvalue weighted by Crippen LogP contribution is -2.18. The third-order valence-electron chi connectivity index (χ3n) is 0.905. The maximum absolute atomic E-state index is 10.7. The average Bonchev–Trinajstić information content (AvgIpc) is 1.84. The summed E-state index contributed by atoms with van der Waals surface area (Å²) >= 11 is 0. The fraction of sp³-hybridized carbons (Fsp3) is 0.571. The summed E-state index contributed by atoms with van der Waals surface area (Å²) in [4.78, 5) is 30.7. The van der Waals surface area contributed by atoms with Gasteiger partial charge in [0.1, 0.15) is 12.2 Å². The zero-order valence-corrected chi connectivity index (χ0v) is 6.83. The standard InChI is InChI=1S/C7H9O5/c1-5(9)3-7(10)12-6(2)11-4-8/h6H,3H2,1-2H3. The van der Waals surface area contributed by atoms with Crippen LogP contribution >= 0.6 is 0 Å². The summed E-state index contributed by atoms with van der Waals surface area (Å²) in [6, 6.07) is 0. The summed E-state index contributed by atoms with van der Waals surface area (Å²) in [7, 11) is 0. The highest BCUT2D eigenvalue weighted by molar-refractivity contribution is 5.94. The van der Waals surface area contributed by atoms with Crippen LogP contribution in [0.25, 0.3) is 0 Å². The zero-order chi connectivity index (χ0) is 9.56. The third kappa shape index (κ3) is 5.40. The summed E-state index contributed by atoms with van der Waals surface area (Å²) in [6.45, 7) is 3.73. The van der Waals surface area contributed by atoms with Crippen molar-refractivity contribution >= 4 is 18.2 Å². The van der Waals surface area contributed by atoms with Gasteiger partial charge in [0.25, 0.3) is 0 Å². The molecular weight excluding hydrogens is 164 g/mol. The Morgan fingerprint density at radius 1 is 1.50 bits per heavy atom. The lowest BCUT2D eigenvalue weighted by atomic mass is 10.3. The van der Waals surface area contributed by atoms with Gasteiger partial charge in [-0.2, -0.15) is 0 Å². The van der Waals surface area contributed by atoms with E-state index in [0.29, 0.717) is 0 Å². The Kier molecular flexibility index (Phi) is 4.67. The number of carbonyl (C=O) groups excluding carboxylic acids is 3. The number of carbonyl (C=O) groups is 2. The first-order valence-electron chi connectivity index (χ1n) is 3.28. The third-order valence-corrected chi connectivity index (χ3v) is 0.905. The van der Waals surface area contributed by atoms with Crippen molar-refractivity contribution in [2.75, 3.05) is 0 Å². The van der Waals surface area contributed by atoms with Gasteiger partial charge in [0.05, 0.1) is 0 Å². The molecule has 0 fully saturated rings. The van der Waals surface area contributed by atoms with Crippen molar-refractivity contribution in [2.24, 2.45) is 0 Å². The Morgan fingerprint density at radius 3 is 2.50 bits per heavy atom. The van der Waals surface area contributed by atoms with E-state index in [0.717, 1.165) is 6.47 Å². The molecule has 0 spiro atoms. The fourth-order valence-corrected chi connectivity index (χ4v) is 0.522. The van der Waals surface area contributed by atoms with Gasteiger partial charge >= 0.3 is 12.4 Å². The summed E-state index contributed by atoms with van der Waals surface area (Å²) < 4.78 is 8.59.